The molecule has 0 amide bonds. The summed E-state index contributed by atoms with van der Waals surface area (Å²) in [6, 6.07) is 0.754. The second-order valence-corrected chi connectivity index (χ2v) is 6.28. The zero-order chi connectivity index (χ0) is 11.6. The lowest BCUT2D eigenvalue weighted by molar-refractivity contribution is 0.255. The molecule has 1 saturated heterocycles. The average molecular weight is 222 g/mol. The molecule has 2 heterocycles. The first-order chi connectivity index (χ1) is 7.55. The van der Waals surface area contributed by atoms with E-state index in [-0.39, 0.29) is 0 Å². The Balaban J connectivity index is 1.82. The Bertz CT molecular complexity index is 256. The summed E-state index contributed by atoms with van der Waals surface area (Å²) in [6.45, 7) is 11.9. The van der Waals surface area contributed by atoms with E-state index in [1.54, 1.807) is 5.57 Å². The van der Waals surface area contributed by atoms with Crippen molar-refractivity contribution in [2.75, 3.05) is 26.2 Å². The molecule has 0 aromatic heterocycles. The molecule has 2 aliphatic rings. The van der Waals surface area contributed by atoms with E-state index in [1.807, 2.05) is 0 Å². The first-order valence-electron chi connectivity index (χ1n) is 6.71. The zero-order valence-electron chi connectivity index (χ0n) is 11.1. The molecule has 16 heavy (non-hydrogen) atoms. The van der Waals surface area contributed by atoms with Crippen LogP contribution in [0, 0.1) is 5.41 Å². The molecule has 1 N–H and O–H groups in total. The summed E-state index contributed by atoms with van der Waals surface area (Å²) < 4.78 is 0. The van der Waals surface area contributed by atoms with Crippen molar-refractivity contribution in [3.8, 4) is 0 Å². The fourth-order valence-corrected chi connectivity index (χ4v) is 2.78. The molecule has 0 spiro atoms. The lowest BCUT2D eigenvalue weighted by atomic mass is 9.83. The normalized spacial score (nSPS) is 28.2. The van der Waals surface area contributed by atoms with Gasteiger partial charge >= 0.3 is 0 Å². The van der Waals surface area contributed by atoms with Crippen LogP contribution in [0.2, 0.25) is 0 Å². The van der Waals surface area contributed by atoms with E-state index < -0.39 is 0 Å². The molecule has 0 radical (unpaired) electrons. The van der Waals surface area contributed by atoms with Gasteiger partial charge in [-0.05, 0) is 31.2 Å². The first-order valence-corrected chi connectivity index (χ1v) is 6.71. The fraction of sp³-hybridized carbons (Fsp3) is 0.857. The molecule has 2 heteroatoms. The third-order valence-electron chi connectivity index (χ3n) is 3.90. The Morgan fingerprint density at radius 2 is 2.25 bits per heavy atom. The summed E-state index contributed by atoms with van der Waals surface area (Å²) in [4.78, 5) is 2.60. The third-order valence-corrected chi connectivity index (χ3v) is 3.90. The minimum absolute atomic E-state index is 0.373. The van der Waals surface area contributed by atoms with Gasteiger partial charge in [-0.2, -0.15) is 0 Å². The molecule has 0 bridgehead atoms. The van der Waals surface area contributed by atoms with Gasteiger partial charge in [0.2, 0.25) is 0 Å². The van der Waals surface area contributed by atoms with Crippen LogP contribution in [0.5, 0.6) is 0 Å². The highest BCUT2D eigenvalue weighted by Gasteiger charge is 2.23. The van der Waals surface area contributed by atoms with Crippen LogP contribution in [0.1, 0.15) is 40.0 Å². The van der Waals surface area contributed by atoms with Gasteiger partial charge in [0.1, 0.15) is 0 Å². The highest BCUT2D eigenvalue weighted by Crippen LogP contribution is 2.30. The van der Waals surface area contributed by atoms with E-state index in [4.69, 9.17) is 0 Å². The van der Waals surface area contributed by atoms with Gasteiger partial charge in [-0.15, -0.1) is 0 Å². The van der Waals surface area contributed by atoms with Crippen molar-refractivity contribution in [3.63, 3.8) is 0 Å². The maximum absolute atomic E-state index is 3.58. The maximum Gasteiger partial charge on any atom is 0.0195 e. The Hall–Kier alpha value is -0.340. The molecule has 0 aromatic rings. The van der Waals surface area contributed by atoms with Crippen LogP contribution < -0.4 is 5.32 Å². The molecule has 2 aliphatic heterocycles. The van der Waals surface area contributed by atoms with Crippen LogP contribution in [0.15, 0.2) is 11.6 Å². The molecule has 0 unspecified atom stereocenters. The Morgan fingerprint density at radius 1 is 1.44 bits per heavy atom. The molecule has 0 aromatic carbocycles. The van der Waals surface area contributed by atoms with Gasteiger partial charge in [-0.25, -0.2) is 0 Å². The van der Waals surface area contributed by atoms with E-state index in [0.717, 1.165) is 12.6 Å². The highest BCUT2D eigenvalue weighted by atomic mass is 15.2. The van der Waals surface area contributed by atoms with E-state index in [2.05, 4.69) is 37.1 Å². The lowest BCUT2D eigenvalue weighted by Gasteiger charge is -2.33. The molecule has 2 rings (SSSR count). The monoisotopic (exact) mass is 222 g/mol. The number of hydrogen-bond donors (Lipinski definition) is 1. The van der Waals surface area contributed by atoms with E-state index in [0.29, 0.717) is 5.41 Å². The predicted molar refractivity (Wildman–Crippen MR) is 69.6 cm³/mol. The third kappa shape index (κ3) is 3.08. The van der Waals surface area contributed by atoms with Crippen LogP contribution in [0.4, 0.5) is 0 Å². The molecular weight excluding hydrogens is 196 g/mol. The molecule has 2 nitrogen and oxygen atoms in total. The van der Waals surface area contributed by atoms with Gasteiger partial charge in [-0.3, -0.25) is 4.90 Å². The lowest BCUT2D eigenvalue weighted by Crippen LogP contribution is -2.40. The van der Waals surface area contributed by atoms with Gasteiger partial charge in [0.05, 0.1) is 0 Å². The summed E-state index contributed by atoms with van der Waals surface area (Å²) in [7, 11) is 0. The summed E-state index contributed by atoms with van der Waals surface area (Å²) in [5.74, 6) is 0. The summed E-state index contributed by atoms with van der Waals surface area (Å²) in [6.07, 6.45) is 6.45. The number of hydrogen-bond acceptors (Lipinski definition) is 2. The van der Waals surface area contributed by atoms with E-state index in [9.17, 15) is 0 Å². The second-order valence-electron chi connectivity index (χ2n) is 6.28. The standard InChI is InChI=1S/C14H26N2/c1-14(2,3)12-6-9-16(10-7-12)11-13-5-4-8-15-13/h6,13,15H,4-5,7-11H2,1-3H3/t13-/m1/s1. The Morgan fingerprint density at radius 3 is 2.75 bits per heavy atom. The van der Waals surface area contributed by atoms with Crippen LogP contribution in [0.3, 0.4) is 0 Å². The molecular formula is C14H26N2. The minimum Gasteiger partial charge on any atom is -0.313 e. The number of rotatable bonds is 2. The van der Waals surface area contributed by atoms with Crippen molar-refractivity contribution >= 4 is 0 Å². The fourth-order valence-electron chi connectivity index (χ4n) is 2.78. The van der Waals surface area contributed by atoms with Crippen molar-refractivity contribution in [3.05, 3.63) is 11.6 Å². The van der Waals surface area contributed by atoms with Gasteiger partial charge in [0.15, 0.2) is 0 Å². The van der Waals surface area contributed by atoms with Crippen LogP contribution in [0.25, 0.3) is 0 Å². The first kappa shape index (κ1) is 12.1. The minimum atomic E-state index is 0.373. The van der Waals surface area contributed by atoms with Gasteiger partial charge < -0.3 is 5.32 Å². The average Bonchev–Trinajstić information content (AvgIpc) is 2.70. The topological polar surface area (TPSA) is 15.3 Å². The molecule has 92 valence electrons. The predicted octanol–water partition coefficient (Wildman–Crippen LogP) is 2.42. The molecule has 0 aliphatic carbocycles. The van der Waals surface area contributed by atoms with Crippen molar-refractivity contribution in [2.45, 2.75) is 46.1 Å². The molecule has 1 atom stereocenters. The smallest absolute Gasteiger partial charge is 0.0195 e. The SMILES string of the molecule is CC(C)(C)C1=CCN(C[C@H]2CCCN2)CC1. The van der Waals surface area contributed by atoms with Crippen LogP contribution >= 0.6 is 0 Å². The Kier molecular flexibility index (Phi) is 3.70. The quantitative estimate of drug-likeness (QED) is 0.722. The largest absolute Gasteiger partial charge is 0.313 e. The van der Waals surface area contributed by atoms with Crippen molar-refractivity contribution in [1.82, 2.24) is 10.2 Å². The van der Waals surface area contributed by atoms with Crippen molar-refractivity contribution in [2.24, 2.45) is 5.41 Å². The molecule has 1 fully saturated rings. The number of nitrogens with zero attached hydrogens (tertiary/aromatic N) is 1. The van der Waals surface area contributed by atoms with Gasteiger partial charge in [0, 0.05) is 25.7 Å². The number of nitrogens with one attached hydrogen (secondary N) is 1. The molecule has 0 saturated carbocycles. The van der Waals surface area contributed by atoms with Gasteiger partial charge in [0.25, 0.3) is 0 Å². The summed E-state index contributed by atoms with van der Waals surface area (Å²) in [5.41, 5.74) is 2.01. The van der Waals surface area contributed by atoms with Crippen molar-refractivity contribution < 1.29 is 0 Å². The summed E-state index contributed by atoms with van der Waals surface area (Å²) in [5, 5.41) is 3.58. The Labute approximate surface area is 100 Å². The van der Waals surface area contributed by atoms with Gasteiger partial charge in [-0.1, -0.05) is 32.4 Å². The zero-order valence-corrected chi connectivity index (χ0v) is 11.1. The second kappa shape index (κ2) is 4.89. The maximum atomic E-state index is 3.58. The van der Waals surface area contributed by atoms with E-state index >= 15 is 0 Å². The van der Waals surface area contributed by atoms with Crippen LogP contribution in [-0.2, 0) is 0 Å². The highest BCUT2D eigenvalue weighted by molar-refractivity contribution is 5.14. The summed E-state index contributed by atoms with van der Waals surface area (Å²) >= 11 is 0. The van der Waals surface area contributed by atoms with Crippen molar-refractivity contribution in [1.29, 1.82) is 0 Å². The van der Waals surface area contributed by atoms with E-state index in [1.165, 1.54) is 38.9 Å². The van der Waals surface area contributed by atoms with Crippen LogP contribution in [-0.4, -0.2) is 37.1 Å².